The largest absolute Gasteiger partial charge is 1.00 e. The number of ether oxygens (including phenoxy) is 2. The molecule has 1 rings (SSSR count). The molecule has 1 unspecified atom stereocenters. The van der Waals surface area contributed by atoms with E-state index in [0.717, 1.165) is 19.3 Å². The summed E-state index contributed by atoms with van der Waals surface area (Å²) in [5.74, 6) is -1.48. The van der Waals surface area contributed by atoms with Crippen molar-refractivity contribution in [3.05, 3.63) is 35.4 Å². The van der Waals surface area contributed by atoms with Crippen LogP contribution in [0.2, 0.25) is 0 Å². The predicted molar refractivity (Wildman–Crippen MR) is 178 cm³/mol. The van der Waals surface area contributed by atoms with Crippen molar-refractivity contribution in [2.75, 3.05) is 13.2 Å². The first kappa shape index (κ1) is 44.7. The molecular formula is C36H61KO7S. The van der Waals surface area contributed by atoms with E-state index < -0.39 is 33.9 Å². The number of esters is 2. The van der Waals surface area contributed by atoms with Gasteiger partial charge in [-0.25, -0.2) is 18.0 Å². The van der Waals surface area contributed by atoms with Crippen molar-refractivity contribution >= 4 is 22.1 Å². The number of rotatable bonds is 29. The Morgan fingerprint density at radius 3 is 1.27 bits per heavy atom. The van der Waals surface area contributed by atoms with Crippen molar-refractivity contribution in [2.24, 2.45) is 0 Å². The molecule has 1 aromatic rings. The van der Waals surface area contributed by atoms with Gasteiger partial charge in [-0.15, -0.1) is 0 Å². The first-order valence-electron chi connectivity index (χ1n) is 17.7. The Labute approximate surface area is 317 Å². The number of hydrogen-bond acceptors (Lipinski definition) is 7. The van der Waals surface area contributed by atoms with Crippen LogP contribution in [0.15, 0.2) is 24.3 Å². The van der Waals surface area contributed by atoms with Gasteiger partial charge in [0.05, 0.1) is 23.0 Å². The smallest absolute Gasteiger partial charge is 0.748 e. The zero-order valence-electron chi connectivity index (χ0n) is 28.8. The maximum Gasteiger partial charge on any atom is 1.00 e. The van der Waals surface area contributed by atoms with Crippen molar-refractivity contribution in [1.82, 2.24) is 0 Å². The quantitative estimate of drug-likeness (QED) is 0.0392. The topological polar surface area (TPSA) is 110 Å². The van der Waals surface area contributed by atoms with Crippen LogP contribution in [0.25, 0.3) is 0 Å². The molecule has 0 saturated carbocycles. The predicted octanol–water partition coefficient (Wildman–Crippen LogP) is 6.93. The molecule has 0 spiro atoms. The van der Waals surface area contributed by atoms with E-state index >= 15 is 0 Å². The fourth-order valence-corrected chi connectivity index (χ4v) is 6.09. The van der Waals surface area contributed by atoms with Gasteiger partial charge in [-0.2, -0.15) is 0 Å². The molecule has 0 aliphatic carbocycles. The summed E-state index contributed by atoms with van der Waals surface area (Å²) in [6, 6.07) is 6.09. The average molecular weight is 677 g/mol. The second-order valence-electron chi connectivity index (χ2n) is 12.2. The van der Waals surface area contributed by atoms with E-state index in [1.54, 1.807) is 12.1 Å². The summed E-state index contributed by atoms with van der Waals surface area (Å²) in [5.41, 5.74) is 0.0547. The van der Waals surface area contributed by atoms with Crippen molar-refractivity contribution in [3.63, 3.8) is 0 Å². The molecule has 0 radical (unpaired) electrons. The molecule has 7 nitrogen and oxygen atoms in total. The standard InChI is InChI=1S/C36H62O7S.K/c1-3-5-6-7-8-9-10-11-12-13-14-15-16-17-18-19-20-21-22-23-24-27-30-42-35(37)33-28-25-26-29-34(33)36(38)43-31-32(4-2)44(39,40)41;/h25-26,28-29,32H,3-24,27,30-31H2,1-2H3,(H,39,40,41);/q;+1/p-1. The summed E-state index contributed by atoms with van der Waals surface area (Å²) >= 11 is 0. The minimum absolute atomic E-state index is 0. The van der Waals surface area contributed by atoms with Crippen LogP contribution in [0, 0.1) is 0 Å². The zero-order valence-corrected chi connectivity index (χ0v) is 32.8. The third-order valence-electron chi connectivity index (χ3n) is 8.36. The van der Waals surface area contributed by atoms with Gasteiger partial charge in [-0.3, -0.25) is 0 Å². The molecule has 9 heteroatoms. The van der Waals surface area contributed by atoms with Crippen molar-refractivity contribution in [2.45, 2.75) is 167 Å². The van der Waals surface area contributed by atoms with Gasteiger partial charge in [-0.05, 0) is 25.0 Å². The molecular weight excluding hydrogens is 616 g/mol. The summed E-state index contributed by atoms with van der Waals surface area (Å²) in [6.45, 7) is 3.53. The first-order valence-corrected chi connectivity index (χ1v) is 19.2. The molecule has 0 aliphatic heterocycles. The van der Waals surface area contributed by atoms with Crippen LogP contribution in [0.3, 0.4) is 0 Å². The molecule has 0 bridgehead atoms. The molecule has 1 atom stereocenters. The van der Waals surface area contributed by atoms with E-state index in [9.17, 15) is 22.6 Å². The third kappa shape index (κ3) is 23.6. The number of hydrogen-bond donors (Lipinski definition) is 0. The van der Waals surface area contributed by atoms with Crippen LogP contribution in [0.1, 0.15) is 182 Å². The minimum atomic E-state index is -4.58. The average Bonchev–Trinajstić information content (AvgIpc) is 3.00. The molecule has 0 amide bonds. The molecule has 254 valence electrons. The fourth-order valence-electron chi connectivity index (χ4n) is 5.44. The van der Waals surface area contributed by atoms with Gasteiger partial charge in [0.1, 0.15) is 16.7 Å². The van der Waals surface area contributed by atoms with E-state index in [-0.39, 0.29) is 75.5 Å². The fraction of sp³-hybridized carbons (Fsp3) is 0.778. The van der Waals surface area contributed by atoms with Gasteiger partial charge in [0, 0.05) is 0 Å². The Bertz CT molecular complexity index is 983. The van der Waals surface area contributed by atoms with Crippen LogP contribution in [-0.4, -0.2) is 43.4 Å². The van der Waals surface area contributed by atoms with Gasteiger partial charge in [0.15, 0.2) is 0 Å². The summed E-state index contributed by atoms with van der Waals surface area (Å²) in [7, 11) is -4.58. The van der Waals surface area contributed by atoms with Crippen LogP contribution < -0.4 is 51.4 Å². The number of carbonyl (C=O) groups is 2. The van der Waals surface area contributed by atoms with Crippen molar-refractivity contribution < 1.29 is 83.4 Å². The third-order valence-corrected chi connectivity index (χ3v) is 9.65. The van der Waals surface area contributed by atoms with Crippen LogP contribution in [-0.2, 0) is 19.6 Å². The normalized spacial score (nSPS) is 12.0. The first-order chi connectivity index (χ1) is 21.3. The summed E-state index contributed by atoms with van der Waals surface area (Å²) < 4.78 is 44.1. The molecule has 1 aromatic carbocycles. The van der Waals surface area contributed by atoms with Crippen molar-refractivity contribution in [1.29, 1.82) is 0 Å². The Kier molecular flexibility index (Phi) is 29.6. The monoisotopic (exact) mass is 676 g/mol. The summed E-state index contributed by atoms with van der Waals surface area (Å²) in [5, 5.41) is -1.32. The SMILES string of the molecule is CCCCCCCCCCCCCCCCCCCCCCCCOC(=O)c1ccccc1C(=O)OCC(CC)S(=O)(=O)[O-].[K+]. The molecule has 0 aromatic heterocycles. The van der Waals surface area contributed by atoms with E-state index in [4.69, 9.17) is 9.47 Å². The van der Waals surface area contributed by atoms with Crippen LogP contribution in [0.4, 0.5) is 0 Å². The van der Waals surface area contributed by atoms with E-state index in [1.165, 1.54) is 141 Å². The number of unbranched alkanes of at least 4 members (excludes halogenated alkanes) is 21. The second kappa shape index (κ2) is 29.8. The molecule has 45 heavy (non-hydrogen) atoms. The molecule has 0 saturated heterocycles. The Morgan fingerprint density at radius 2 is 0.933 bits per heavy atom. The zero-order chi connectivity index (χ0) is 32.3. The minimum Gasteiger partial charge on any atom is -0.748 e. The van der Waals surface area contributed by atoms with E-state index in [2.05, 4.69) is 6.92 Å². The molecule has 0 aliphatic rings. The van der Waals surface area contributed by atoms with E-state index in [1.807, 2.05) is 0 Å². The Morgan fingerprint density at radius 1 is 0.600 bits per heavy atom. The maximum absolute atomic E-state index is 12.6. The maximum atomic E-state index is 12.6. The number of benzene rings is 1. The summed E-state index contributed by atoms with van der Waals surface area (Å²) in [4.78, 5) is 25.0. The van der Waals surface area contributed by atoms with Gasteiger partial charge >= 0.3 is 63.3 Å². The Hall–Kier alpha value is -0.294. The summed E-state index contributed by atoms with van der Waals surface area (Å²) in [6.07, 6.45) is 29.0. The van der Waals surface area contributed by atoms with Gasteiger partial charge in [-0.1, -0.05) is 161 Å². The molecule has 0 heterocycles. The van der Waals surface area contributed by atoms with Gasteiger partial charge in [0.2, 0.25) is 0 Å². The second-order valence-corrected chi connectivity index (χ2v) is 13.9. The number of carbonyl (C=O) groups excluding carboxylic acids is 2. The van der Waals surface area contributed by atoms with Crippen LogP contribution in [0.5, 0.6) is 0 Å². The van der Waals surface area contributed by atoms with Crippen molar-refractivity contribution in [3.8, 4) is 0 Å². The Balaban J connectivity index is 0.0000194. The van der Waals surface area contributed by atoms with E-state index in [0.29, 0.717) is 0 Å². The van der Waals surface area contributed by atoms with Crippen LogP contribution >= 0.6 is 0 Å². The van der Waals surface area contributed by atoms with Gasteiger partial charge in [0.25, 0.3) is 0 Å². The molecule has 0 fully saturated rings. The molecule has 0 N–H and O–H groups in total. The van der Waals surface area contributed by atoms with Gasteiger partial charge < -0.3 is 14.0 Å².